The molecule has 0 atom stereocenters. The van der Waals surface area contributed by atoms with Gasteiger partial charge in [-0.15, -0.1) is 0 Å². The lowest BCUT2D eigenvalue weighted by molar-refractivity contribution is 0.292. The normalized spacial score (nSPS) is 17.6. The fourth-order valence-electron chi connectivity index (χ4n) is 1.65. The molecule has 0 bridgehead atoms. The van der Waals surface area contributed by atoms with Gasteiger partial charge >= 0.3 is 0 Å². The summed E-state index contributed by atoms with van der Waals surface area (Å²) in [7, 11) is 0. The Kier molecular flexibility index (Phi) is 3.04. The maximum atomic E-state index is 8.55. The number of aromatic nitrogens is 2. The molecule has 1 aliphatic heterocycles. The van der Waals surface area contributed by atoms with E-state index in [0.29, 0.717) is 13.1 Å². The molecular formula is C9H14N6O. The van der Waals surface area contributed by atoms with Crippen molar-refractivity contribution in [2.75, 3.05) is 31.1 Å². The molecule has 86 valence electrons. The number of rotatable bonds is 1. The Bertz CT molecular complexity index is 360. The number of anilines is 1. The van der Waals surface area contributed by atoms with Gasteiger partial charge in [0.05, 0.1) is 0 Å². The summed E-state index contributed by atoms with van der Waals surface area (Å²) in [6.07, 6.45) is 3.44. The highest BCUT2D eigenvalue weighted by molar-refractivity contribution is 5.77. The van der Waals surface area contributed by atoms with E-state index in [1.54, 1.807) is 18.5 Å². The number of nitrogens with two attached hydrogens (primary N) is 1. The van der Waals surface area contributed by atoms with Crippen molar-refractivity contribution in [1.29, 1.82) is 0 Å². The number of piperazine rings is 1. The minimum Gasteiger partial charge on any atom is -0.408 e. The fraction of sp³-hybridized carbons (Fsp3) is 0.444. The van der Waals surface area contributed by atoms with E-state index in [0.717, 1.165) is 19.0 Å². The van der Waals surface area contributed by atoms with Crippen LogP contribution < -0.4 is 10.6 Å². The molecule has 2 rings (SSSR count). The van der Waals surface area contributed by atoms with Crippen molar-refractivity contribution in [3.8, 4) is 0 Å². The molecule has 0 unspecified atom stereocenters. The van der Waals surface area contributed by atoms with Crippen LogP contribution in [0.15, 0.2) is 23.6 Å². The molecule has 1 fully saturated rings. The lowest BCUT2D eigenvalue weighted by Gasteiger charge is -2.34. The first-order valence-electron chi connectivity index (χ1n) is 5.05. The van der Waals surface area contributed by atoms with Gasteiger partial charge in [-0.2, -0.15) is 0 Å². The molecule has 0 spiro atoms. The Morgan fingerprint density at radius 1 is 1.25 bits per heavy atom. The minimum absolute atomic E-state index is 0.161. The van der Waals surface area contributed by atoms with Crippen LogP contribution in [0.25, 0.3) is 0 Å². The van der Waals surface area contributed by atoms with Gasteiger partial charge in [0.15, 0.2) is 0 Å². The van der Waals surface area contributed by atoms with Crippen LogP contribution in [-0.2, 0) is 0 Å². The zero-order chi connectivity index (χ0) is 11.4. The molecule has 1 aliphatic rings. The second-order valence-electron chi connectivity index (χ2n) is 3.48. The van der Waals surface area contributed by atoms with Crippen molar-refractivity contribution in [1.82, 2.24) is 14.9 Å². The Balaban J connectivity index is 1.96. The molecule has 7 nitrogen and oxygen atoms in total. The highest BCUT2D eigenvalue weighted by Gasteiger charge is 2.19. The van der Waals surface area contributed by atoms with Gasteiger partial charge in [0.2, 0.25) is 11.9 Å². The molecule has 1 aromatic heterocycles. The van der Waals surface area contributed by atoms with E-state index in [2.05, 4.69) is 20.0 Å². The SMILES string of the molecule is NC(=NO)N1CCN(c2ncccn2)CC1. The van der Waals surface area contributed by atoms with Gasteiger partial charge < -0.3 is 20.7 Å². The van der Waals surface area contributed by atoms with Gasteiger partial charge in [0, 0.05) is 38.6 Å². The quantitative estimate of drug-likeness (QED) is 0.283. The lowest BCUT2D eigenvalue weighted by atomic mass is 10.3. The van der Waals surface area contributed by atoms with Crippen LogP contribution in [0.4, 0.5) is 5.95 Å². The number of nitrogens with zero attached hydrogens (tertiary/aromatic N) is 5. The number of hydrogen-bond donors (Lipinski definition) is 2. The Morgan fingerprint density at radius 2 is 1.88 bits per heavy atom. The second-order valence-corrected chi connectivity index (χ2v) is 3.48. The first-order valence-corrected chi connectivity index (χ1v) is 5.05. The topological polar surface area (TPSA) is 90.9 Å². The van der Waals surface area contributed by atoms with Gasteiger partial charge in [-0.3, -0.25) is 0 Å². The van der Waals surface area contributed by atoms with Crippen molar-refractivity contribution < 1.29 is 5.21 Å². The largest absolute Gasteiger partial charge is 0.408 e. The molecule has 2 heterocycles. The van der Waals surface area contributed by atoms with Crippen molar-refractivity contribution >= 4 is 11.9 Å². The highest BCUT2D eigenvalue weighted by atomic mass is 16.4. The van der Waals surface area contributed by atoms with Crippen molar-refractivity contribution in [2.24, 2.45) is 10.9 Å². The Morgan fingerprint density at radius 3 is 2.44 bits per heavy atom. The number of oxime groups is 1. The van der Waals surface area contributed by atoms with Crippen LogP contribution in [0, 0.1) is 0 Å². The average molecular weight is 222 g/mol. The predicted octanol–water partition coefficient (Wildman–Crippen LogP) is -0.697. The van der Waals surface area contributed by atoms with Crippen molar-refractivity contribution in [3.63, 3.8) is 0 Å². The summed E-state index contributed by atoms with van der Waals surface area (Å²) in [5.41, 5.74) is 5.51. The van der Waals surface area contributed by atoms with E-state index in [-0.39, 0.29) is 5.96 Å². The van der Waals surface area contributed by atoms with E-state index in [4.69, 9.17) is 10.9 Å². The predicted molar refractivity (Wildman–Crippen MR) is 59.2 cm³/mol. The summed E-state index contributed by atoms with van der Waals surface area (Å²) in [5, 5.41) is 11.5. The van der Waals surface area contributed by atoms with Crippen LogP contribution in [0.2, 0.25) is 0 Å². The van der Waals surface area contributed by atoms with E-state index < -0.39 is 0 Å². The smallest absolute Gasteiger partial charge is 0.233 e. The van der Waals surface area contributed by atoms with E-state index in [1.807, 2.05) is 4.90 Å². The monoisotopic (exact) mass is 222 g/mol. The maximum Gasteiger partial charge on any atom is 0.233 e. The molecule has 0 amide bonds. The molecule has 1 aromatic rings. The summed E-state index contributed by atoms with van der Waals surface area (Å²) in [4.78, 5) is 12.2. The third-order valence-corrected chi connectivity index (χ3v) is 2.54. The Hall–Kier alpha value is -2.05. The zero-order valence-electron chi connectivity index (χ0n) is 8.82. The summed E-state index contributed by atoms with van der Waals surface area (Å²) >= 11 is 0. The molecular weight excluding hydrogens is 208 g/mol. The van der Waals surface area contributed by atoms with Gasteiger partial charge in [-0.25, -0.2) is 9.97 Å². The third kappa shape index (κ3) is 2.13. The molecule has 0 aliphatic carbocycles. The van der Waals surface area contributed by atoms with Crippen molar-refractivity contribution in [2.45, 2.75) is 0 Å². The molecule has 0 radical (unpaired) electrons. The molecule has 0 saturated carbocycles. The van der Waals surface area contributed by atoms with Gasteiger partial charge in [0.25, 0.3) is 0 Å². The lowest BCUT2D eigenvalue weighted by Crippen LogP contribution is -2.51. The van der Waals surface area contributed by atoms with Crippen LogP contribution >= 0.6 is 0 Å². The van der Waals surface area contributed by atoms with Crippen LogP contribution in [0.5, 0.6) is 0 Å². The molecule has 1 saturated heterocycles. The molecule has 16 heavy (non-hydrogen) atoms. The average Bonchev–Trinajstić information content (AvgIpc) is 2.39. The summed E-state index contributed by atoms with van der Waals surface area (Å²) < 4.78 is 0. The summed E-state index contributed by atoms with van der Waals surface area (Å²) in [6, 6.07) is 1.79. The second kappa shape index (κ2) is 4.65. The van der Waals surface area contributed by atoms with Crippen LogP contribution in [0.1, 0.15) is 0 Å². The van der Waals surface area contributed by atoms with Crippen LogP contribution in [0.3, 0.4) is 0 Å². The maximum absolute atomic E-state index is 8.55. The number of guanidine groups is 1. The van der Waals surface area contributed by atoms with E-state index in [1.165, 1.54) is 0 Å². The first-order chi connectivity index (χ1) is 7.81. The fourth-order valence-corrected chi connectivity index (χ4v) is 1.65. The zero-order valence-corrected chi connectivity index (χ0v) is 8.82. The number of hydrogen-bond acceptors (Lipinski definition) is 5. The highest BCUT2D eigenvalue weighted by Crippen LogP contribution is 2.08. The molecule has 0 aromatic carbocycles. The third-order valence-electron chi connectivity index (χ3n) is 2.54. The Labute approximate surface area is 93.2 Å². The first kappa shape index (κ1) is 10.5. The van der Waals surface area contributed by atoms with Gasteiger partial charge in [-0.1, -0.05) is 5.16 Å². The van der Waals surface area contributed by atoms with Gasteiger partial charge in [0.1, 0.15) is 0 Å². The molecule has 3 N–H and O–H groups in total. The summed E-state index contributed by atoms with van der Waals surface area (Å²) in [5.74, 6) is 0.885. The standard InChI is InChI=1S/C9H14N6O/c10-8(13-16)14-4-6-15(7-5-14)9-11-2-1-3-12-9/h1-3,16H,4-7H2,(H2,10,13). The van der Waals surface area contributed by atoms with Gasteiger partial charge in [-0.05, 0) is 6.07 Å². The van der Waals surface area contributed by atoms with Crippen molar-refractivity contribution in [3.05, 3.63) is 18.5 Å². The van der Waals surface area contributed by atoms with Crippen LogP contribution in [-0.4, -0.2) is 52.2 Å². The summed E-state index contributed by atoms with van der Waals surface area (Å²) in [6.45, 7) is 2.93. The van der Waals surface area contributed by atoms with E-state index >= 15 is 0 Å². The minimum atomic E-state index is 0.161. The molecule has 7 heteroatoms. The van der Waals surface area contributed by atoms with E-state index in [9.17, 15) is 0 Å².